The summed E-state index contributed by atoms with van der Waals surface area (Å²) >= 11 is 0. The molecular weight excluding hydrogens is 473 g/mol. The molecule has 5 rings (SSSR count). The van der Waals surface area contributed by atoms with Gasteiger partial charge >= 0.3 is 5.97 Å². The van der Waals surface area contributed by atoms with Gasteiger partial charge in [0.2, 0.25) is 0 Å². The number of nitrogens with one attached hydrogen (secondary N) is 1. The third-order valence-corrected chi connectivity index (χ3v) is 7.94. The zero-order valence-electron chi connectivity index (χ0n) is 21.4. The van der Waals surface area contributed by atoms with Gasteiger partial charge in [0.25, 0.3) is 0 Å². The zero-order chi connectivity index (χ0) is 25.6. The van der Waals surface area contributed by atoms with Crippen molar-refractivity contribution in [3.8, 4) is 0 Å². The average molecular weight is 512 g/mol. The number of carbonyl (C=O) groups is 1. The number of hydrogen-bond donors (Lipinski definition) is 2. The molecule has 0 radical (unpaired) electrons. The van der Waals surface area contributed by atoms with Gasteiger partial charge in [-0.2, -0.15) is 0 Å². The molecule has 4 heterocycles. The molecule has 3 aliphatic heterocycles. The van der Waals surface area contributed by atoms with Crippen molar-refractivity contribution in [1.29, 1.82) is 0 Å². The second-order valence-electron chi connectivity index (χ2n) is 10.5. The Kier molecular flexibility index (Phi) is 8.69. The quantitative estimate of drug-likeness (QED) is 0.420. The summed E-state index contributed by atoms with van der Waals surface area (Å²) in [7, 11) is 0. The lowest BCUT2D eigenvalue weighted by Gasteiger charge is -2.30. The minimum atomic E-state index is -0.959. The summed E-state index contributed by atoms with van der Waals surface area (Å²) in [5.74, 6) is -0.357. The lowest BCUT2D eigenvalue weighted by Crippen LogP contribution is -2.34. The first-order valence-electron chi connectivity index (χ1n) is 13.8. The minimum absolute atomic E-state index is 0.00586. The minimum Gasteiger partial charge on any atom is -0.480 e. The largest absolute Gasteiger partial charge is 0.480 e. The highest BCUT2D eigenvalue weighted by Crippen LogP contribution is 2.36. The molecular formula is C29H38FN3O4. The lowest BCUT2D eigenvalue weighted by molar-refractivity contribution is -0.143. The van der Waals surface area contributed by atoms with Crippen LogP contribution in [-0.4, -0.2) is 59.4 Å². The van der Waals surface area contributed by atoms with Gasteiger partial charge in [-0.05, 0) is 92.7 Å². The first-order valence-corrected chi connectivity index (χ1v) is 13.8. The number of halogens is 1. The normalized spacial score (nSPS) is 24.8. The van der Waals surface area contributed by atoms with Crippen molar-refractivity contribution >= 4 is 11.8 Å². The molecule has 1 aromatic carbocycles. The van der Waals surface area contributed by atoms with Crippen LogP contribution in [-0.2, 0) is 20.7 Å². The monoisotopic (exact) mass is 511 g/mol. The second-order valence-corrected chi connectivity index (χ2v) is 10.5. The molecule has 0 aliphatic carbocycles. The van der Waals surface area contributed by atoms with Crippen LogP contribution in [0.3, 0.4) is 0 Å². The van der Waals surface area contributed by atoms with Crippen molar-refractivity contribution in [2.75, 3.05) is 31.6 Å². The van der Waals surface area contributed by atoms with Crippen molar-refractivity contribution in [3.05, 3.63) is 59.0 Å². The molecule has 0 unspecified atom stereocenters. The predicted octanol–water partition coefficient (Wildman–Crippen LogP) is 5.28. The Hall–Kier alpha value is -2.55. The van der Waals surface area contributed by atoms with E-state index >= 15 is 0 Å². The molecule has 2 aromatic rings. The second kappa shape index (κ2) is 12.3. The maximum atomic E-state index is 14.3. The standard InChI is InChI=1S/C29H38FN3O4/c30-21-10-12-24(26-8-2-4-17-37-26)25(18-21)27(29(34)35)33-15-13-23(19-33)36-16-3-1-7-22-11-9-20-6-5-14-31-28(20)32-22/h5-6,10,12,14,18,22-23,26-27H,1-4,7-9,11,13,15-17,19H2,(H,31,32)(H,34,35)/t22-,23+,26-,27-/m0/s1. The number of hydrogen-bond acceptors (Lipinski definition) is 6. The van der Waals surface area contributed by atoms with Crippen LogP contribution in [0, 0.1) is 5.82 Å². The molecule has 3 aliphatic rings. The first kappa shape index (κ1) is 26.1. The highest BCUT2D eigenvalue weighted by Gasteiger charge is 2.36. The predicted molar refractivity (Wildman–Crippen MR) is 139 cm³/mol. The SMILES string of the molecule is O=C(O)[C@H](c1cc(F)ccc1[C@@H]1CCCCO1)N1CC[C@@H](OCCCC[C@H]2CCc3cccnc3N2)C1. The van der Waals surface area contributed by atoms with Crippen LogP contribution < -0.4 is 5.32 Å². The summed E-state index contributed by atoms with van der Waals surface area (Å²) in [5, 5.41) is 13.7. The van der Waals surface area contributed by atoms with Gasteiger partial charge in [0, 0.05) is 38.5 Å². The molecule has 0 saturated carbocycles. The highest BCUT2D eigenvalue weighted by atomic mass is 19.1. The molecule has 4 atom stereocenters. The summed E-state index contributed by atoms with van der Waals surface area (Å²) in [4.78, 5) is 18.8. The van der Waals surface area contributed by atoms with Gasteiger partial charge in [-0.15, -0.1) is 0 Å². The third kappa shape index (κ3) is 6.48. The molecule has 0 bridgehead atoms. The van der Waals surface area contributed by atoms with E-state index in [0.29, 0.717) is 37.9 Å². The molecule has 200 valence electrons. The van der Waals surface area contributed by atoms with Crippen LogP contribution in [0.25, 0.3) is 0 Å². The van der Waals surface area contributed by atoms with E-state index in [-0.39, 0.29) is 12.2 Å². The van der Waals surface area contributed by atoms with Crippen molar-refractivity contribution in [2.45, 2.75) is 82.1 Å². The van der Waals surface area contributed by atoms with E-state index in [9.17, 15) is 14.3 Å². The van der Waals surface area contributed by atoms with E-state index in [1.807, 2.05) is 17.2 Å². The van der Waals surface area contributed by atoms with E-state index in [2.05, 4.69) is 16.4 Å². The maximum absolute atomic E-state index is 14.3. The van der Waals surface area contributed by atoms with E-state index in [0.717, 1.165) is 69.2 Å². The maximum Gasteiger partial charge on any atom is 0.325 e. The molecule has 2 N–H and O–H groups in total. The number of unbranched alkanes of at least 4 members (excludes halogenated alkanes) is 1. The van der Waals surface area contributed by atoms with Gasteiger partial charge in [-0.1, -0.05) is 12.1 Å². The van der Waals surface area contributed by atoms with Crippen LogP contribution in [0.1, 0.15) is 80.2 Å². The summed E-state index contributed by atoms with van der Waals surface area (Å²) in [6.45, 7) is 2.46. The number of likely N-dealkylation sites (tertiary alicyclic amines) is 1. The van der Waals surface area contributed by atoms with Gasteiger partial charge in [0.05, 0.1) is 12.2 Å². The number of aliphatic carboxylic acids is 1. The molecule has 0 amide bonds. The zero-order valence-corrected chi connectivity index (χ0v) is 21.4. The van der Waals surface area contributed by atoms with Crippen LogP contribution >= 0.6 is 0 Å². The number of aromatic nitrogens is 1. The highest BCUT2D eigenvalue weighted by molar-refractivity contribution is 5.76. The van der Waals surface area contributed by atoms with Gasteiger partial charge < -0.3 is 19.9 Å². The Morgan fingerprint density at radius 1 is 1.24 bits per heavy atom. The smallest absolute Gasteiger partial charge is 0.325 e. The summed E-state index contributed by atoms with van der Waals surface area (Å²) in [5.41, 5.74) is 2.60. The molecule has 2 fully saturated rings. The van der Waals surface area contributed by atoms with Gasteiger partial charge in [0.1, 0.15) is 17.7 Å². The third-order valence-electron chi connectivity index (χ3n) is 7.94. The Morgan fingerprint density at radius 2 is 2.16 bits per heavy atom. The Labute approximate surface area is 218 Å². The number of pyridine rings is 1. The molecule has 2 saturated heterocycles. The number of anilines is 1. The van der Waals surface area contributed by atoms with Crippen LogP contribution in [0.2, 0.25) is 0 Å². The Balaban J connectivity index is 1.11. The molecule has 7 nitrogen and oxygen atoms in total. The van der Waals surface area contributed by atoms with Crippen molar-refractivity contribution in [2.24, 2.45) is 0 Å². The molecule has 8 heteroatoms. The van der Waals surface area contributed by atoms with E-state index < -0.39 is 17.8 Å². The lowest BCUT2D eigenvalue weighted by atomic mass is 9.92. The fourth-order valence-electron chi connectivity index (χ4n) is 6.00. The van der Waals surface area contributed by atoms with Crippen LogP contribution in [0.5, 0.6) is 0 Å². The first-order chi connectivity index (χ1) is 18.1. The average Bonchev–Trinajstić information content (AvgIpc) is 3.37. The molecule has 0 spiro atoms. The number of rotatable bonds is 10. The summed E-state index contributed by atoms with van der Waals surface area (Å²) in [6, 6.07) is 8.17. The summed E-state index contributed by atoms with van der Waals surface area (Å²) < 4.78 is 26.3. The molecule has 1 aromatic heterocycles. The molecule has 37 heavy (non-hydrogen) atoms. The fraction of sp³-hybridized carbons (Fsp3) is 0.586. The number of nitrogens with zero attached hydrogens (tertiary/aromatic N) is 2. The number of aryl methyl sites for hydroxylation is 1. The van der Waals surface area contributed by atoms with E-state index in [1.54, 1.807) is 6.07 Å². The van der Waals surface area contributed by atoms with Crippen molar-refractivity contribution in [1.82, 2.24) is 9.88 Å². The van der Waals surface area contributed by atoms with Crippen LogP contribution in [0.15, 0.2) is 36.5 Å². The van der Waals surface area contributed by atoms with Gasteiger partial charge in [0.15, 0.2) is 0 Å². The van der Waals surface area contributed by atoms with Gasteiger partial charge in [-0.25, -0.2) is 9.37 Å². The van der Waals surface area contributed by atoms with Crippen molar-refractivity contribution < 1.29 is 23.8 Å². The Bertz CT molecular complexity index is 1060. The van der Waals surface area contributed by atoms with E-state index in [4.69, 9.17) is 9.47 Å². The van der Waals surface area contributed by atoms with E-state index in [1.165, 1.54) is 17.7 Å². The van der Waals surface area contributed by atoms with Gasteiger partial charge in [-0.3, -0.25) is 9.69 Å². The van der Waals surface area contributed by atoms with Crippen LogP contribution in [0.4, 0.5) is 10.2 Å². The summed E-state index contributed by atoms with van der Waals surface area (Å²) in [6.07, 6.45) is 10.6. The number of carboxylic acids is 1. The number of benzene rings is 1. The number of fused-ring (bicyclic) bond motifs is 1. The number of ether oxygens (including phenoxy) is 2. The Morgan fingerprint density at radius 3 is 3.00 bits per heavy atom. The fourth-order valence-corrected chi connectivity index (χ4v) is 6.00. The topological polar surface area (TPSA) is 83.9 Å². The van der Waals surface area contributed by atoms with Crippen molar-refractivity contribution in [3.63, 3.8) is 0 Å². The number of carboxylic acid groups (broad SMARTS) is 1.